The van der Waals surface area contributed by atoms with Crippen molar-refractivity contribution in [2.75, 3.05) is 33.2 Å². The SMILES string of the molecule is CN=C(NCC(C)(C)N1CCc2ccccc2C1)NC1CCN(C(=O)C(C)C)C1. The summed E-state index contributed by atoms with van der Waals surface area (Å²) in [5.41, 5.74) is 2.93. The largest absolute Gasteiger partial charge is 0.355 e. The molecule has 1 unspecified atom stereocenters. The lowest BCUT2D eigenvalue weighted by Crippen LogP contribution is -2.55. The maximum Gasteiger partial charge on any atom is 0.225 e. The summed E-state index contributed by atoms with van der Waals surface area (Å²) in [5.74, 6) is 1.12. The van der Waals surface area contributed by atoms with Gasteiger partial charge in [0.2, 0.25) is 5.91 Å². The van der Waals surface area contributed by atoms with Crippen molar-refractivity contribution in [3.8, 4) is 0 Å². The van der Waals surface area contributed by atoms with Gasteiger partial charge in [-0.15, -0.1) is 0 Å². The van der Waals surface area contributed by atoms with Crippen LogP contribution in [0.2, 0.25) is 0 Å². The molecule has 2 N–H and O–H groups in total. The van der Waals surface area contributed by atoms with Crippen molar-refractivity contribution < 1.29 is 4.79 Å². The maximum absolute atomic E-state index is 12.2. The second kappa shape index (κ2) is 9.16. The minimum atomic E-state index is 0.0144. The van der Waals surface area contributed by atoms with Crippen LogP contribution in [-0.2, 0) is 17.8 Å². The van der Waals surface area contributed by atoms with E-state index >= 15 is 0 Å². The van der Waals surface area contributed by atoms with E-state index in [1.807, 2.05) is 25.8 Å². The van der Waals surface area contributed by atoms with Crippen molar-refractivity contribution >= 4 is 11.9 Å². The molecule has 2 heterocycles. The second-order valence-corrected chi connectivity index (χ2v) is 9.25. The van der Waals surface area contributed by atoms with E-state index in [0.29, 0.717) is 0 Å². The third-order valence-corrected chi connectivity index (χ3v) is 6.23. The van der Waals surface area contributed by atoms with Gasteiger partial charge in [-0.1, -0.05) is 38.1 Å². The van der Waals surface area contributed by atoms with Gasteiger partial charge in [0.25, 0.3) is 0 Å². The van der Waals surface area contributed by atoms with E-state index in [-0.39, 0.29) is 23.4 Å². The summed E-state index contributed by atoms with van der Waals surface area (Å²) in [6.45, 7) is 13.0. The highest BCUT2D eigenvalue weighted by Crippen LogP contribution is 2.25. The molecule has 2 aliphatic heterocycles. The molecule has 0 radical (unpaired) electrons. The molecule has 0 aliphatic carbocycles. The van der Waals surface area contributed by atoms with E-state index in [0.717, 1.165) is 51.5 Å². The van der Waals surface area contributed by atoms with Crippen LogP contribution >= 0.6 is 0 Å². The number of hydrogen-bond acceptors (Lipinski definition) is 3. The van der Waals surface area contributed by atoms with E-state index < -0.39 is 0 Å². The lowest BCUT2D eigenvalue weighted by atomic mass is 9.94. The van der Waals surface area contributed by atoms with Crippen LogP contribution < -0.4 is 10.6 Å². The number of carbonyl (C=O) groups excluding carboxylic acids is 1. The van der Waals surface area contributed by atoms with Crippen LogP contribution in [-0.4, -0.2) is 66.5 Å². The van der Waals surface area contributed by atoms with Gasteiger partial charge in [0.15, 0.2) is 5.96 Å². The number of hydrogen-bond donors (Lipinski definition) is 2. The molecule has 29 heavy (non-hydrogen) atoms. The van der Waals surface area contributed by atoms with Gasteiger partial charge in [-0.2, -0.15) is 0 Å². The van der Waals surface area contributed by atoms with Crippen LogP contribution in [0.15, 0.2) is 29.3 Å². The lowest BCUT2D eigenvalue weighted by molar-refractivity contribution is -0.133. The summed E-state index contributed by atoms with van der Waals surface area (Å²) in [6, 6.07) is 9.02. The molecular weight excluding hydrogens is 362 g/mol. The van der Waals surface area contributed by atoms with Crippen LogP contribution in [0.3, 0.4) is 0 Å². The van der Waals surface area contributed by atoms with Gasteiger partial charge in [0.1, 0.15) is 0 Å². The van der Waals surface area contributed by atoms with E-state index in [1.54, 1.807) is 0 Å². The first-order valence-corrected chi connectivity index (χ1v) is 10.9. The Kier molecular flexibility index (Phi) is 6.83. The fourth-order valence-corrected chi connectivity index (χ4v) is 4.26. The summed E-state index contributed by atoms with van der Waals surface area (Å²) in [7, 11) is 1.81. The summed E-state index contributed by atoms with van der Waals surface area (Å²) in [4.78, 5) is 21.1. The molecule has 1 atom stereocenters. The van der Waals surface area contributed by atoms with Crippen molar-refractivity contribution in [3.63, 3.8) is 0 Å². The maximum atomic E-state index is 12.2. The highest BCUT2D eigenvalue weighted by Gasteiger charge is 2.31. The minimum absolute atomic E-state index is 0.0144. The molecule has 1 fully saturated rings. The highest BCUT2D eigenvalue weighted by atomic mass is 16.2. The summed E-state index contributed by atoms with van der Waals surface area (Å²) < 4.78 is 0. The fourth-order valence-electron chi connectivity index (χ4n) is 4.26. The zero-order valence-electron chi connectivity index (χ0n) is 18.7. The number of fused-ring (bicyclic) bond motifs is 1. The molecule has 0 saturated carbocycles. The standard InChI is InChI=1S/C23H37N5O/c1-17(2)21(29)27-12-11-20(15-27)26-22(24-5)25-16-23(3,4)28-13-10-18-8-6-7-9-19(18)14-28/h6-9,17,20H,10-16H2,1-5H3,(H2,24,25,26). The Balaban J connectivity index is 1.51. The topological polar surface area (TPSA) is 60.0 Å². The predicted octanol–water partition coefficient (Wildman–Crippen LogP) is 2.25. The van der Waals surface area contributed by atoms with Gasteiger partial charge in [0.05, 0.1) is 0 Å². The second-order valence-electron chi connectivity index (χ2n) is 9.25. The number of benzene rings is 1. The first kappa shape index (κ1) is 21.6. The minimum Gasteiger partial charge on any atom is -0.355 e. The molecule has 1 aromatic carbocycles. The number of rotatable bonds is 5. The number of nitrogens with zero attached hydrogens (tertiary/aromatic N) is 3. The van der Waals surface area contributed by atoms with Gasteiger partial charge < -0.3 is 15.5 Å². The molecule has 1 amide bonds. The van der Waals surface area contributed by atoms with Crippen LogP contribution in [0.1, 0.15) is 45.2 Å². The number of amides is 1. The summed E-state index contributed by atoms with van der Waals surface area (Å²) >= 11 is 0. The van der Waals surface area contributed by atoms with E-state index in [1.165, 1.54) is 11.1 Å². The lowest BCUT2D eigenvalue weighted by Gasteiger charge is -2.42. The van der Waals surface area contributed by atoms with E-state index in [4.69, 9.17) is 0 Å². The van der Waals surface area contributed by atoms with Gasteiger partial charge in [-0.25, -0.2) is 0 Å². The normalized spacial score (nSPS) is 20.7. The average molecular weight is 400 g/mol. The molecule has 1 saturated heterocycles. The van der Waals surface area contributed by atoms with Crippen LogP contribution in [0.5, 0.6) is 0 Å². The Hall–Kier alpha value is -2.08. The number of carbonyl (C=O) groups is 1. The van der Waals surface area contributed by atoms with Crippen molar-refractivity contribution in [1.29, 1.82) is 0 Å². The monoisotopic (exact) mass is 399 g/mol. The molecule has 0 spiro atoms. The van der Waals surface area contributed by atoms with Crippen molar-refractivity contribution in [2.24, 2.45) is 10.9 Å². The number of aliphatic imine (C=N–C) groups is 1. The Bertz CT molecular complexity index is 743. The van der Waals surface area contributed by atoms with E-state index in [9.17, 15) is 4.79 Å². The zero-order chi connectivity index (χ0) is 21.0. The molecular formula is C23H37N5O. The third kappa shape index (κ3) is 5.30. The molecule has 160 valence electrons. The molecule has 0 bridgehead atoms. The molecule has 2 aliphatic rings. The van der Waals surface area contributed by atoms with Crippen molar-refractivity contribution in [2.45, 2.75) is 58.7 Å². The van der Waals surface area contributed by atoms with Gasteiger partial charge in [-0.3, -0.25) is 14.7 Å². The average Bonchev–Trinajstić information content (AvgIpc) is 3.18. The molecule has 1 aromatic rings. The summed E-state index contributed by atoms with van der Waals surface area (Å²) in [5, 5.41) is 7.03. The Morgan fingerprint density at radius 3 is 2.66 bits per heavy atom. The predicted molar refractivity (Wildman–Crippen MR) is 119 cm³/mol. The molecule has 6 nitrogen and oxygen atoms in total. The van der Waals surface area contributed by atoms with Crippen LogP contribution in [0, 0.1) is 5.92 Å². The molecule has 3 rings (SSSR count). The number of nitrogens with one attached hydrogen (secondary N) is 2. The van der Waals surface area contributed by atoms with Gasteiger partial charge in [-0.05, 0) is 37.8 Å². The summed E-state index contributed by atoms with van der Waals surface area (Å²) in [6.07, 6.45) is 2.07. The fraction of sp³-hybridized carbons (Fsp3) is 0.652. The van der Waals surface area contributed by atoms with Gasteiger partial charge >= 0.3 is 0 Å². The van der Waals surface area contributed by atoms with Crippen LogP contribution in [0.25, 0.3) is 0 Å². The Morgan fingerprint density at radius 1 is 1.24 bits per heavy atom. The quantitative estimate of drug-likeness (QED) is 0.589. The van der Waals surface area contributed by atoms with Crippen molar-refractivity contribution in [1.82, 2.24) is 20.4 Å². The Labute approximate surface area is 175 Å². The zero-order valence-corrected chi connectivity index (χ0v) is 18.7. The highest BCUT2D eigenvalue weighted by molar-refractivity contribution is 5.81. The number of likely N-dealkylation sites (tertiary alicyclic amines) is 1. The first-order valence-electron chi connectivity index (χ1n) is 10.9. The smallest absolute Gasteiger partial charge is 0.225 e. The molecule has 0 aromatic heterocycles. The first-order chi connectivity index (χ1) is 13.8. The van der Waals surface area contributed by atoms with Crippen molar-refractivity contribution in [3.05, 3.63) is 35.4 Å². The molecule has 6 heteroatoms. The Morgan fingerprint density at radius 2 is 1.97 bits per heavy atom. The van der Waals surface area contributed by atoms with Gasteiger partial charge in [0, 0.05) is 57.3 Å². The third-order valence-electron chi connectivity index (χ3n) is 6.23. The van der Waals surface area contributed by atoms with Crippen LogP contribution in [0.4, 0.5) is 0 Å². The van der Waals surface area contributed by atoms with E-state index in [2.05, 4.69) is 58.6 Å². The number of guanidine groups is 1.